The van der Waals surface area contributed by atoms with Crippen molar-refractivity contribution in [2.24, 2.45) is 5.84 Å². The molecule has 2 aromatic rings. The van der Waals surface area contributed by atoms with Gasteiger partial charge in [0.1, 0.15) is 6.10 Å². The Morgan fingerprint density at radius 2 is 2.16 bits per heavy atom. The van der Waals surface area contributed by atoms with Gasteiger partial charge in [-0.05, 0) is 29.2 Å². The van der Waals surface area contributed by atoms with Crippen molar-refractivity contribution >= 4 is 0 Å². The van der Waals surface area contributed by atoms with Crippen molar-refractivity contribution in [1.29, 1.82) is 0 Å². The molecule has 2 atom stereocenters. The van der Waals surface area contributed by atoms with Gasteiger partial charge in [0.2, 0.25) is 0 Å². The smallest absolute Gasteiger partial charge is 0.104 e. The van der Waals surface area contributed by atoms with Crippen LogP contribution in [-0.2, 0) is 11.2 Å². The van der Waals surface area contributed by atoms with Crippen LogP contribution in [0.5, 0.6) is 0 Å². The fourth-order valence-electron chi connectivity index (χ4n) is 2.62. The Balaban J connectivity index is 1.97. The molecule has 4 heteroatoms. The first kappa shape index (κ1) is 12.3. The van der Waals surface area contributed by atoms with Gasteiger partial charge in [0.25, 0.3) is 0 Å². The van der Waals surface area contributed by atoms with Gasteiger partial charge in [0.05, 0.1) is 12.6 Å². The maximum absolute atomic E-state index is 5.94. The van der Waals surface area contributed by atoms with E-state index in [0.717, 1.165) is 18.6 Å². The third-order valence-corrected chi connectivity index (χ3v) is 3.56. The number of hydrazine groups is 1. The Kier molecular flexibility index (Phi) is 3.55. The first-order chi connectivity index (χ1) is 9.40. The Hall–Kier alpha value is -1.75. The van der Waals surface area contributed by atoms with Crippen molar-refractivity contribution in [1.82, 2.24) is 10.4 Å². The molecule has 3 N–H and O–H groups in total. The summed E-state index contributed by atoms with van der Waals surface area (Å²) in [5.41, 5.74) is 6.44. The van der Waals surface area contributed by atoms with Crippen LogP contribution in [-0.4, -0.2) is 11.6 Å². The zero-order valence-electron chi connectivity index (χ0n) is 10.6. The molecule has 3 rings (SSSR count). The maximum Gasteiger partial charge on any atom is 0.104 e. The number of hydrogen-bond donors (Lipinski definition) is 2. The largest absolute Gasteiger partial charge is 0.371 e. The molecule has 2 heterocycles. The zero-order chi connectivity index (χ0) is 13.1. The minimum Gasteiger partial charge on any atom is -0.371 e. The second kappa shape index (κ2) is 5.48. The molecule has 1 aromatic carbocycles. The fourth-order valence-corrected chi connectivity index (χ4v) is 2.62. The van der Waals surface area contributed by atoms with E-state index in [4.69, 9.17) is 10.6 Å². The molecule has 4 nitrogen and oxygen atoms in total. The topological polar surface area (TPSA) is 60.2 Å². The van der Waals surface area contributed by atoms with Crippen molar-refractivity contribution in [2.45, 2.75) is 18.6 Å². The molecule has 1 aromatic heterocycles. The number of nitrogens with one attached hydrogen (secondary N) is 1. The van der Waals surface area contributed by atoms with Gasteiger partial charge in [0.15, 0.2) is 0 Å². The maximum atomic E-state index is 5.94. The first-order valence-electron chi connectivity index (χ1n) is 6.45. The van der Waals surface area contributed by atoms with E-state index >= 15 is 0 Å². The minimum absolute atomic E-state index is 0.0702. The normalized spacial score (nSPS) is 19.7. The van der Waals surface area contributed by atoms with Crippen molar-refractivity contribution in [3.05, 3.63) is 65.5 Å². The summed E-state index contributed by atoms with van der Waals surface area (Å²) in [5.74, 6) is 5.73. The van der Waals surface area contributed by atoms with Crippen LogP contribution in [0.25, 0.3) is 0 Å². The molecule has 0 amide bonds. The lowest BCUT2D eigenvalue weighted by Gasteiger charge is -2.32. The predicted octanol–water partition coefficient (Wildman–Crippen LogP) is 1.90. The Morgan fingerprint density at radius 3 is 2.95 bits per heavy atom. The fraction of sp³-hybridized carbons (Fsp3) is 0.267. The summed E-state index contributed by atoms with van der Waals surface area (Å²) in [7, 11) is 0. The summed E-state index contributed by atoms with van der Waals surface area (Å²) in [6.07, 6.45) is 4.47. The van der Waals surface area contributed by atoms with Gasteiger partial charge in [-0.15, -0.1) is 0 Å². The van der Waals surface area contributed by atoms with E-state index in [1.807, 2.05) is 24.4 Å². The molecular weight excluding hydrogens is 238 g/mol. The minimum atomic E-state index is -0.0878. The SMILES string of the molecule is NNC(c1cccnc1)C1OCCc2ccccc21. The van der Waals surface area contributed by atoms with E-state index < -0.39 is 0 Å². The van der Waals surface area contributed by atoms with E-state index in [0.29, 0.717) is 0 Å². The van der Waals surface area contributed by atoms with Crippen molar-refractivity contribution in [3.63, 3.8) is 0 Å². The molecule has 0 fully saturated rings. The van der Waals surface area contributed by atoms with Crippen LogP contribution < -0.4 is 11.3 Å². The van der Waals surface area contributed by atoms with Crippen LogP contribution >= 0.6 is 0 Å². The zero-order valence-corrected chi connectivity index (χ0v) is 10.6. The molecule has 0 radical (unpaired) electrons. The standard InChI is InChI=1S/C15H17N3O/c16-18-14(12-5-3-8-17-10-12)15-13-6-2-1-4-11(13)7-9-19-15/h1-6,8,10,14-15,18H,7,9,16H2. The summed E-state index contributed by atoms with van der Waals surface area (Å²) in [6, 6.07) is 12.2. The number of aromatic nitrogens is 1. The molecule has 0 saturated carbocycles. The summed E-state index contributed by atoms with van der Waals surface area (Å²) < 4.78 is 5.94. The van der Waals surface area contributed by atoms with E-state index in [1.54, 1.807) is 6.20 Å². The molecule has 1 aliphatic rings. The number of pyridine rings is 1. The third-order valence-electron chi connectivity index (χ3n) is 3.56. The molecule has 98 valence electrons. The van der Waals surface area contributed by atoms with Crippen LogP contribution in [0.3, 0.4) is 0 Å². The second-order valence-corrected chi connectivity index (χ2v) is 4.67. The molecular formula is C15H17N3O. The molecule has 19 heavy (non-hydrogen) atoms. The number of rotatable bonds is 3. The third kappa shape index (κ3) is 2.38. The summed E-state index contributed by atoms with van der Waals surface area (Å²) in [4.78, 5) is 4.15. The van der Waals surface area contributed by atoms with Gasteiger partial charge in [0, 0.05) is 12.4 Å². The molecule has 0 aliphatic carbocycles. The van der Waals surface area contributed by atoms with Gasteiger partial charge < -0.3 is 4.74 Å². The van der Waals surface area contributed by atoms with Crippen LogP contribution in [0.1, 0.15) is 28.8 Å². The lowest BCUT2D eigenvalue weighted by Crippen LogP contribution is -2.35. The molecule has 0 spiro atoms. The van der Waals surface area contributed by atoms with Crippen LogP contribution in [0.2, 0.25) is 0 Å². The highest BCUT2D eigenvalue weighted by Crippen LogP contribution is 2.36. The second-order valence-electron chi connectivity index (χ2n) is 4.67. The highest BCUT2D eigenvalue weighted by Gasteiger charge is 2.29. The van der Waals surface area contributed by atoms with E-state index in [9.17, 15) is 0 Å². The lowest BCUT2D eigenvalue weighted by molar-refractivity contribution is 0.0146. The van der Waals surface area contributed by atoms with E-state index in [2.05, 4.69) is 28.6 Å². The lowest BCUT2D eigenvalue weighted by atomic mass is 9.91. The van der Waals surface area contributed by atoms with E-state index in [1.165, 1.54) is 11.1 Å². The highest BCUT2D eigenvalue weighted by atomic mass is 16.5. The Morgan fingerprint density at radius 1 is 1.26 bits per heavy atom. The predicted molar refractivity (Wildman–Crippen MR) is 73.1 cm³/mol. The highest BCUT2D eigenvalue weighted by molar-refractivity contribution is 5.33. The Bertz CT molecular complexity index is 544. The summed E-state index contributed by atoms with van der Waals surface area (Å²) in [5, 5.41) is 0. The van der Waals surface area contributed by atoms with Crippen LogP contribution in [0, 0.1) is 0 Å². The molecule has 1 aliphatic heterocycles. The van der Waals surface area contributed by atoms with Gasteiger partial charge in [-0.2, -0.15) is 0 Å². The Labute approximate surface area is 112 Å². The van der Waals surface area contributed by atoms with Gasteiger partial charge in [-0.3, -0.25) is 10.8 Å². The van der Waals surface area contributed by atoms with Crippen molar-refractivity contribution in [2.75, 3.05) is 6.61 Å². The molecule has 0 saturated heterocycles. The molecule has 2 unspecified atom stereocenters. The number of fused-ring (bicyclic) bond motifs is 1. The summed E-state index contributed by atoms with van der Waals surface area (Å²) in [6.45, 7) is 0.722. The number of hydrogen-bond acceptors (Lipinski definition) is 4. The quantitative estimate of drug-likeness (QED) is 0.649. The van der Waals surface area contributed by atoms with Crippen molar-refractivity contribution in [3.8, 4) is 0 Å². The van der Waals surface area contributed by atoms with Crippen LogP contribution in [0.15, 0.2) is 48.8 Å². The number of nitrogens with zero attached hydrogens (tertiary/aromatic N) is 1. The number of benzene rings is 1. The van der Waals surface area contributed by atoms with Gasteiger partial charge in [-0.1, -0.05) is 30.3 Å². The number of ether oxygens (including phenoxy) is 1. The number of nitrogens with two attached hydrogens (primary N) is 1. The molecule has 0 bridgehead atoms. The van der Waals surface area contributed by atoms with E-state index in [-0.39, 0.29) is 12.1 Å². The summed E-state index contributed by atoms with van der Waals surface area (Å²) >= 11 is 0. The van der Waals surface area contributed by atoms with Gasteiger partial charge in [-0.25, -0.2) is 5.43 Å². The average Bonchev–Trinajstić information content (AvgIpc) is 2.49. The van der Waals surface area contributed by atoms with Crippen LogP contribution in [0.4, 0.5) is 0 Å². The first-order valence-corrected chi connectivity index (χ1v) is 6.45. The average molecular weight is 255 g/mol. The van der Waals surface area contributed by atoms with Crippen molar-refractivity contribution < 1.29 is 4.74 Å². The van der Waals surface area contributed by atoms with Gasteiger partial charge >= 0.3 is 0 Å². The monoisotopic (exact) mass is 255 g/mol.